The number of halogens is 3. The monoisotopic (exact) mass is 465 g/mol. The second kappa shape index (κ2) is 7.21. The molecule has 3 aliphatic rings. The Kier molecular flexibility index (Phi) is 4.87. The van der Waals surface area contributed by atoms with E-state index < -0.39 is 18.0 Å². The van der Waals surface area contributed by atoms with Gasteiger partial charge in [0.25, 0.3) is 0 Å². The summed E-state index contributed by atoms with van der Waals surface area (Å²) in [5, 5.41) is 0.744. The van der Waals surface area contributed by atoms with E-state index in [1.165, 1.54) is 24.0 Å². The maximum Gasteiger partial charge on any atom is 0.185 e. The van der Waals surface area contributed by atoms with Gasteiger partial charge in [0.05, 0.1) is 5.02 Å². The maximum atomic E-state index is 15.0. The zero-order valence-electron chi connectivity index (χ0n) is 15.8. The second-order valence-corrected chi connectivity index (χ2v) is 10.8. The van der Waals surface area contributed by atoms with Gasteiger partial charge in [0.15, 0.2) is 11.0 Å². The van der Waals surface area contributed by atoms with Crippen molar-refractivity contribution in [1.29, 1.82) is 0 Å². The van der Waals surface area contributed by atoms with Crippen LogP contribution in [-0.2, 0) is 12.0 Å². The zero-order valence-corrected chi connectivity index (χ0v) is 18.2. The number of pyridine rings is 1. The van der Waals surface area contributed by atoms with Crippen molar-refractivity contribution in [2.75, 3.05) is 18.2 Å². The van der Waals surface area contributed by atoms with Gasteiger partial charge >= 0.3 is 0 Å². The summed E-state index contributed by atoms with van der Waals surface area (Å²) in [4.78, 5) is 21.1. The number of Topliss-reactive ketones (excluding diaryl/α,β-unsaturated/α-hetero) is 1. The number of nitrogens with zero attached hydrogens (tertiary/aromatic N) is 2. The standard InChI is InChI=1S/C21H18ClF2N3OS2/c22-12-2-4-16(26-7-12)17(28)6-11-1-3-15(24)13(5-11)20(9-23)18-14-8-29-10-21(14,18)30-19(25)27-20/h1-5,7,14,18H,6,8-10H2,(H2,25,27)/t14-,18+,20+,21+/m0/s1. The number of carbonyl (C=O) groups is 1. The molecule has 2 N–H and O–H groups in total. The lowest BCUT2D eigenvalue weighted by atomic mass is 9.83. The van der Waals surface area contributed by atoms with Gasteiger partial charge in [-0.15, -0.1) is 0 Å². The van der Waals surface area contributed by atoms with Crippen LogP contribution in [0.1, 0.15) is 21.6 Å². The highest BCUT2D eigenvalue weighted by Gasteiger charge is 2.77. The molecule has 156 valence electrons. The Balaban J connectivity index is 1.51. The van der Waals surface area contributed by atoms with E-state index in [0.717, 1.165) is 11.5 Å². The van der Waals surface area contributed by atoms with Gasteiger partial charge in [-0.3, -0.25) is 9.78 Å². The molecule has 2 fully saturated rings. The van der Waals surface area contributed by atoms with Crippen molar-refractivity contribution in [3.8, 4) is 0 Å². The third-order valence-corrected chi connectivity index (χ3v) is 9.33. The summed E-state index contributed by atoms with van der Waals surface area (Å²) in [6.07, 6.45) is 1.43. The lowest BCUT2D eigenvalue weighted by Crippen LogP contribution is -2.41. The van der Waals surface area contributed by atoms with Crippen molar-refractivity contribution < 1.29 is 13.6 Å². The SMILES string of the molecule is NC1=N[C@](CF)(c2cc(CC(=O)c3ccc(Cl)cn3)ccc2F)[C@H]2[C@@H]3CSC[C@@]32S1. The van der Waals surface area contributed by atoms with E-state index in [2.05, 4.69) is 9.98 Å². The average molecular weight is 466 g/mol. The average Bonchev–Trinajstić information content (AvgIpc) is 3.18. The summed E-state index contributed by atoms with van der Waals surface area (Å²) in [6.45, 7) is -0.825. The summed E-state index contributed by atoms with van der Waals surface area (Å²) >= 11 is 9.16. The molecular weight excluding hydrogens is 448 g/mol. The summed E-state index contributed by atoms with van der Waals surface area (Å²) in [5.74, 6) is 1.20. The molecule has 1 aromatic heterocycles. The Labute approximate surface area is 186 Å². The van der Waals surface area contributed by atoms with Crippen molar-refractivity contribution >= 4 is 46.1 Å². The van der Waals surface area contributed by atoms with Crippen LogP contribution in [0.4, 0.5) is 8.78 Å². The molecule has 4 nitrogen and oxygen atoms in total. The predicted molar refractivity (Wildman–Crippen MR) is 118 cm³/mol. The van der Waals surface area contributed by atoms with Crippen LogP contribution in [-0.4, -0.2) is 38.9 Å². The molecule has 9 heteroatoms. The van der Waals surface area contributed by atoms with E-state index in [9.17, 15) is 13.6 Å². The van der Waals surface area contributed by atoms with E-state index in [1.807, 2.05) is 11.8 Å². The summed E-state index contributed by atoms with van der Waals surface area (Å²) in [7, 11) is 0. The van der Waals surface area contributed by atoms with E-state index in [1.54, 1.807) is 24.3 Å². The molecule has 2 aromatic rings. The van der Waals surface area contributed by atoms with Crippen LogP contribution in [0.5, 0.6) is 0 Å². The van der Waals surface area contributed by atoms with Gasteiger partial charge < -0.3 is 5.73 Å². The van der Waals surface area contributed by atoms with E-state index in [4.69, 9.17) is 17.3 Å². The first-order chi connectivity index (χ1) is 14.4. The molecular formula is C21H18ClF2N3OS2. The maximum absolute atomic E-state index is 15.0. The number of hydrogen-bond donors (Lipinski definition) is 1. The molecule has 1 aromatic carbocycles. The number of carbonyl (C=O) groups excluding carboxylic acids is 1. The minimum Gasteiger partial charge on any atom is -0.378 e. The molecule has 1 spiro atoms. The van der Waals surface area contributed by atoms with Crippen LogP contribution in [0.2, 0.25) is 5.02 Å². The van der Waals surface area contributed by atoms with E-state index >= 15 is 0 Å². The fourth-order valence-corrected chi connectivity index (χ4v) is 8.57. The smallest absolute Gasteiger partial charge is 0.185 e. The quantitative estimate of drug-likeness (QED) is 0.668. The van der Waals surface area contributed by atoms with E-state index in [0.29, 0.717) is 15.8 Å². The van der Waals surface area contributed by atoms with Crippen LogP contribution in [0.15, 0.2) is 41.5 Å². The number of amidine groups is 1. The molecule has 0 bridgehead atoms. The first-order valence-electron chi connectivity index (χ1n) is 9.51. The number of ketones is 1. The van der Waals surface area contributed by atoms with Crippen LogP contribution in [0.3, 0.4) is 0 Å². The molecule has 4 atom stereocenters. The highest BCUT2D eigenvalue weighted by atomic mass is 35.5. The number of hydrogen-bond acceptors (Lipinski definition) is 6. The zero-order chi connectivity index (χ0) is 21.1. The third-order valence-electron chi connectivity index (χ3n) is 6.27. The molecule has 30 heavy (non-hydrogen) atoms. The minimum atomic E-state index is -1.33. The van der Waals surface area contributed by atoms with Crippen molar-refractivity contribution in [3.05, 3.63) is 64.2 Å². The Morgan fingerprint density at radius 1 is 1.33 bits per heavy atom. The van der Waals surface area contributed by atoms with Gasteiger partial charge in [0, 0.05) is 34.6 Å². The lowest BCUT2D eigenvalue weighted by Gasteiger charge is -2.35. The van der Waals surface area contributed by atoms with Crippen LogP contribution < -0.4 is 5.73 Å². The Bertz CT molecular complexity index is 1070. The number of nitrogens with two attached hydrogens (primary N) is 1. The number of aromatic nitrogens is 1. The summed E-state index contributed by atoms with van der Waals surface area (Å²) in [5.41, 5.74) is 5.80. The first kappa shape index (κ1) is 20.3. The molecule has 0 unspecified atom stereocenters. The number of thioether (sulfide) groups is 2. The molecule has 5 rings (SSSR count). The van der Waals surface area contributed by atoms with Gasteiger partial charge in [0.2, 0.25) is 0 Å². The first-order valence-corrected chi connectivity index (χ1v) is 11.9. The number of rotatable bonds is 5. The van der Waals surface area contributed by atoms with E-state index in [-0.39, 0.29) is 40.0 Å². The van der Waals surface area contributed by atoms with Gasteiger partial charge in [-0.1, -0.05) is 29.4 Å². The molecule has 1 saturated carbocycles. The van der Waals surface area contributed by atoms with Gasteiger partial charge in [-0.25, -0.2) is 13.8 Å². The topological polar surface area (TPSA) is 68.3 Å². The molecule has 1 saturated heterocycles. The highest BCUT2D eigenvalue weighted by Crippen LogP contribution is 2.74. The largest absolute Gasteiger partial charge is 0.378 e. The lowest BCUT2D eigenvalue weighted by molar-refractivity contribution is 0.0988. The van der Waals surface area contributed by atoms with Crippen molar-refractivity contribution in [2.45, 2.75) is 16.7 Å². The van der Waals surface area contributed by atoms with Gasteiger partial charge in [0.1, 0.15) is 23.7 Å². The number of alkyl halides is 1. The van der Waals surface area contributed by atoms with Gasteiger partial charge in [-0.05, 0) is 41.5 Å². The van der Waals surface area contributed by atoms with Crippen molar-refractivity contribution in [2.24, 2.45) is 22.6 Å². The third kappa shape index (κ3) is 2.99. The predicted octanol–water partition coefficient (Wildman–Crippen LogP) is 4.26. The van der Waals surface area contributed by atoms with Crippen molar-refractivity contribution in [1.82, 2.24) is 4.98 Å². The Morgan fingerprint density at radius 3 is 2.90 bits per heavy atom. The molecule has 1 aliphatic carbocycles. The minimum absolute atomic E-state index is 0.0211. The second-order valence-electron chi connectivity index (χ2n) is 7.94. The fraction of sp³-hybridized carbons (Fsp3) is 0.381. The number of benzene rings is 1. The number of aliphatic imine (C=N–C) groups is 1. The number of fused-ring (bicyclic) bond motifs is 1. The molecule has 0 radical (unpaired) electrons. The summed E-state index contributed by atoms with van der Waals surface area (Å²) in [6, 6.07) is 7.55. The Hall–Kier alpha value is -1.64. The van der Waals surface area contributed by atoms with Crippen LogP contribution >= 0.6 is 35.1 Å². The Morgan fingerprint density at radius 2 is 2.17 bits per heavy atom. The normalized spacial score (nSPS) is 31.6. The molecule has 3 heterocycles. The van der Waals surface area contributed by atoms with Crippen LogP contribution in [0.25, 0.3) is 0 Å². The molecule has 0 amide bonds. The fourth-order valence-electron chi connectivity index (χ4n) is 4.90. The molecule has 2 aliphatic heterocycles. The van der Waals surface area contributed by atoms with Gasteiger partial charge in [-0.2, -0.15) is 11.8 Å². The van der Waals surface area contributed by atoms with Crippen molar-refractivity contribution in [3.63, 3.8) is 0 Å². The van der Waals surface area contributed by atoms with Crippen LogP contribution in [0, 0.1) is 17.7 Å². The summed E-state index contributed by atoms with van der Waals surface area (Å²) < 4.78 is 29.4. The highest BCUT2D eigenvalue weighted by molar-refractivity contribution is 8.16.